The lowest BCUT2D eigenvalue weighted by Gasteiger charge is -2.20. The van der Waals surface area contributed by atoms with E-state index in [-0.39, 0.29) is 5.97 Å². The largest absolute Gasteiger partial charge is 0.463 e. The summed E-state index contributed by atoms with van der Waals surface area (Å²) < 4.78 is 5.12. The number of carbonyl (C=O) groups excluding carboxylic acids is 1. The molecule has 18 heavy (non-hydrogen) atoms. The first-order valence-electron chi connectivity index (χ1n) is 7.42. The number of nitrogens with one attached hydrogen (secondary N) is 1. The molecule has 0 saturated carbocycles. The average Bonchev–Trinajstić information content (AvgIpc) is 2.39. The molecule has 1 aliphatic rings. The predicted molar refractivity (Wildman–Crippen MR) is 74.3 cm³/mol. The number of allylic oxidation sites excluding steroid dienone is 1. The average molecular weight is 253 g/mol. The van der Waals surface area contributed by atoms with Gasteiger partial charge in [0.2, 0.25) is 0 Å². The van der Waals surface area contributed by atoms with E-state index in [1.807, 2.05) is 6.92 Å². The number of esters is 1. The zero-order valence-corrected chi connectivity index (χ0v) is 11.9. The molecule has 104 valence electrons. The first-order valence-corrected chi connectivity index (χ1v) is 7.42. The summed E-state index contributed by atoms with van der Waals surface area (Å²) in [5.74, 6) is -0.117. The summed E-state index contributed by atoms with van der Waals surface area (Å²) in [6, 6.07) is 0. The Morgan fingerprint density at radius 1 is 1.17 bits per heavy atom. The molecule has 0 atom stereocenters. The van der Waals surface area contributed by atoms with Crippen LogP contribution in [0.5, 0.6) is 0 Å². The summed E-state index contributed by atoms with van der Waals surface area (Å²) in [4.78, 5) is 11.8. The van der Waals surface area contributed by atoms with E-state index in [9.17, 15) is 4.79 Å². The Labute approximate surface area is 111 Å². The van der Waals surface area contributed by atoms with Crippen LogP contribution in [-0.4, -0.2) is 19.1 Å². The fraction of sp³-hybridized carbons (Fsp3) is 0.800. The van der Waals surface area contributed by atoms with Crippen molar-refractivity contribution in [1.82, 2.24) is 5.32 Å². The molecule has 0 unspecified atom stereocenters. The molecule has 3 heteroatoms. The molecule has 0 aromatic heterocycles. The number of ether oxygens (including phenoxy) is 1. The van der Waals surface area contributed by atoms with Crippen molar-refractivity contribution in [3.63, 3.8) is 0 Å². The highest BCUT2D eigenvalue weighted by atomic mass is 16.5. The van der Waals surface area contributed by atoms with Gasteiger partial charge in [0.15, 0.2) is 0 Å². The van der Waals surface area contributed by atoms with Gasteiger partial charge in [-0.25, -0.2) is 4.79 Å². The first kappa shape index (κ1) is 15.1. The Balaban J connectivity index is 2.43. The van der Waals surface area contributed by atoms with Crippen molar-refractivity contribution in [1.29, 1.82) is 0 Å². The second kappa shape index (κ2) is 9.01. The van der Waals surface area contributed by atoms with Gasteiger partial charge in [-0.15, -0.1) is 0 Å². The number of hydrogen-bond donors (Lipinski definition) is 1. The summed E-state index contributed by atoms with van der Waals surface area (Å²) in [5.41, 5.74) is 2.02. The molecular weight excluding hydrogens is 226 g/mol. The number of hydrogen-bond acceptors (Lipinski definition) is 3. The van der Waals surface area contributed by atoms with Gasteiger partial charge in [-0.05, 0) is 39.0 Å². The third-order valence-corrected chi connectivity index (χ3v) is 3.36. The van der Waals surface area contributed by atoms with Crippen LogP contribution in [-0.2, 0) is 9.53 Å². The van der Waals surface area contributed by atoms with Crippen LogP contribution >= 0.6 is 0 Å². The SMILES string of the molecule is CCCCCCNC1=C(C(=O)OCC)CCCC1. The molecule has 1 rings (SSSR count). The van der Waals surface area contributed by atoms with Crippen molar-refractivity contribution in [3.8, 4) is 0 Å². The zero-order valence-electron chi connectivity index (χ0n) is 11.9. The van der Waals surface area contributed by atoms with Crippen LogP contribution in [0.15, 0.2) is 11.3 Å². The molecule has 3 nitrogen and oxygen atoms in total. The maximum Gasteiger partial charge on any atom is 0.335 e. The summed E-state index contributed by atoms with van der Waals surface area (Å²) in [6.45, 7) is 5.53. The molecule has 0 bridgehead atoms. The van der Waals surface area contributed by atoms with Crippen LogP contribution in [0.1, 0.15) is 65.2 Å². The summed E-state index contributed by atoms with van der Waals surface area (Å²) in [7, 11) is 0. The molecule has 1 N–H and O–H groups in total. The van der Waals surface area contributed by atoms with Gasteiger partial charge < -0.3 is 10.1 Å². The van der Waals surface area contributed by atoms with Crippen molar-refractivity contribution in [2.24, 2.45) is 0 Å². The highest BCUT2D eigenvalue weighted by molar-refractivity contribution is 5.89. The second-order valence-corrected chi connectivity index (χ2v) is 4.87. The number of carbonyl (C=O) groups is 1. The van der Waals surface area contributed by atoms with Gasteiger partial charge in [0.05, 0.1) is 12.2 Å². The van der Waals surface area contributed by atoms with E-state index in [4.69, 9.17) is 4.74 Å². The molecule has 0 radical (unpaired) electrons. The van der Waals surface area contributed by atoms with Gasteiger partial charge in [0.25, 0.3) is 0 Å². The minimum Gasteiger partial charge on any atom is -0.463 e. The molecule has 0 spiro atoms. The minimum atomic E-state index is -0.117. The first-order chi connectivity index (χ1) is 8.79. The topological polar surface area (TPSA) is 38.3 Å². The minimum absolute atomic E-state index is 0.117. The van der Waals surface area contributed by atoms with Gasteiger partial charge in [-0.1, -0.05) is 26.2 Å². The van der Waals surface area contributed by atoms with Crippen molar-refractivity contribution in [2.45, 2.75) is 65.2 Å². The lowest BCUT2D eigenvalue weighted by Crippen LogP contribution is -2.23. The van der Waals surface area contributed by atoms with Crippen molar-refractivity contribution < 1.29 is 9.53 Å². The molecular formula is C15H27NO2. The molecule has 0 heterocycles. The molecule has 0 amide bonds. The van der Waals surface area contributed by atoms with Gasteiger partial charge in [0.1, 0.15) is 0 Å². The molecule has 0 aromatic carbocycles. The van der Waals surface area contributed by atoms with Gasteiger partial charge in [-0.3, -0.25) is 0 Å². The molecule has 0 aliphatic heterocycles. The van der Waals surface area contributed by atoms with Gasteiger partial charge in [-0.2, -0.15) is 0 Å². The van der Waals surface area contributed by atoms with E-state index in [0.29, 0.717) is 6.61 Å². The van der Waals surface area contributed by atoms with Crippen LogP contribution in [0, 0.1) is 0 Å². The summed E-state index contributed by atoms with van der Waals surface area (Å²) in [5, 5.41) is 3.45. The Bertz CT molecular complexity index is 284. The van der Waals surface area contributed by atoms with E-state index < -0.39 is 0 Å². The lowest BCUT2D eigenvalue weighted by molar-refractivity contribution is -0.138. The quantitative estimate of drug-likeness (QED) is 0.531. The number of rotatable bonds is 8. The van der Waals surface area contributed by atoms with E-state index in [2.05, 4.69) is 12.2 Å². The molecule has 0 aromatic rings. The maximum absolute atomic E-state index is 11.8. The van der Waals surface area contributed by atoms with Crippen molar-refractivity contribution >= 4 is 5.97 Å². The zero-order chi connectivity index (χ0) is 13.2. The standard InChI is InChI=1S/C15H27NO2/c1-3-5-6-9-12-16-14-11-8-7-10-13(14)15(17)18-4-2/h16H,3-12H2,1-2H3. The second-order valence-electron chi connectivity index (χ2n) is 4.87. The smallest absolute Gasteiger partial charge is 0.335 e. The summed E-state index contributed by atoms with van der Waals surface area (Å²) >= 11 is 0. The molecule has 0 saturated heterocycles. The van der Waals surface area contributed by atoms with E-state index in [1.54, 1.807) is 0 Å². The van der Waals surface area contributed by atoms with Crippen LogP contribution in [0.2, 0.25) is 0 Å². The van der Waals surface area contributed by atoms with Gasteiger partial charge >= 0.3 is 5.97 Å². The van der Waals surface area contributed by atoms with Gasteiger partial charge in [0, 0.05) is 12.2 Å². The Kier molecular flexibility index (Phi) is 7.54. The molecule has 0 fully saturated rings. The number of unbranched alkanes of at least 4 members (excludes halogenated alkanes) is 3. The van der Waals surface area contributed by atoms with Crippen LogP contribution < -0.4 is 5.32 Å². The van der Waals surface area contributed by atoms with E-state index in [1.165, 1.54) is 32.1 Å². The third-order valence-electron chi connectivity index (χ3n) is 3.36. The van der Waals surface area contributed by atoms with Crippen molar-refractivity contribution in [3.05, 3.63) is 11.3 Å². The predicted octanol–water partition coefficient (Wildman–Crippen LogP) is 3.55. The fourth-order valence-corrected chi connectivity index (χ4v) is 2.33. The highest BCUT2D eigenvalue weighted by Gasteiger charge is 2.19. The van der Waals surface area contributed by atoms with Crippen molar-refractivity contribution in [2.75, 3.05) is 13.2 Å². The maximum atomic E-state index is 11.8. The highest BCUT2D eigenvalue weighted by Crippen LogP contribution is 2.24. The Morgan fingerprint density at radius 3 is 2.67 bits per heavy atom. The van der Waals surface area contributed by atoms with Crippen LogP contribution in [0.4, 0.5) is 0 Å². The summed E-state index contributed by atoms with van der Waals surface area (Å²) in [6.07, 6.45) is 9.18. The normalized spacial score (nSPS) is 15.7. The Hall–Kier alpha value is -0.990. The monoisotopic (exact) mass is 253 g/mol. The van der Waals surface area contributed by atoms with Crippen LogP contribution in [0.25, 0.3) is 0 Å². The third kappa shape index (κ3) is 5.11. The molecule has 1 aliphatic carbocycles. The fourth-order valence-electron chi connectivity index (χ4n) is 2.33. The van der Waals surface area contributed by atoms with E-state index >= 15 is 0 Å². The Morgan fingerprint density at radius 2 is 1.94 bits per heavy atom. The lowest BCUT2D eigenvalue weighted by atomic mass is 9.96. The van der Waals surface area contributed by atoms with Crippen LogP contribution in [0.3, 0.4) is 0 Å². The van der Waals surface area contributed by atoms with E-state index in [0.717, 1.165) is 37.1 Å².